The van der Waals surface area contributed by atoms with Crippen LogP contribution >= 0.6 is 15.9 Å². The molecule has 0 saturated carbocycles. The van der Waals surface area contributed by atoms with Crippen LogP contribution in [0.3, 0.4) is 0 Å². The summed E-state index contributed by atoms with van der Waals surface area (Å²) in [5.41, 5.74) is 6.59. The molecule has 5 N–H and O–H groups in total. The molecular formula is C10H14BrN3O3S. The molecule has 0 fully saturated rings. The lowest BCUT2D eigenvalue weighted by Crippen LogP contribution is -2.27. The van der Waals surface area contributed by atoms with Gasteiger partial charge in [0.1, 0.15) is 0 Å². The standard InChI is InChI=1S/C10H14BrN3O3S/c11-8-6-7(2-3-9(8)12)10(15)14-4-1-5-18(13,16)17/h2-3,6H,1,4-5,12H2,(H,14,15)(H2,13,16,17). The number of halogens is 1. The van der Waals surface area contributed by atoms with Crippen molar-refractivity contribution in [2.45, 2.75) is 6.42 Å². The smallest absolute Gasteiger partial charge is 0.251 e. The minimum absolute atomic E-state index is 0.154. The molecule has 100 valence electrons. The lowest BCUT2D eigenvalue weighted by atomic mass is 10.2. The fraction of sp³-hybridized carbons (Fsp3) is 0.300. The van der Waals surface area contributed by atoms with E-state index in [4.69, 9.17) is 10.9 Å². The highest BCUT2D eigenvalue weighted by Gasteiger charge is 2.08. The van der Waals surface area contributed by atoms with E-state index in [0.29, 0.717) is 15.7 Å². The topological polar surface area (TPSA) is 115 Å². The lowest BCUT2D eigenvalue weighted by molar-refractivity contribution is 0.0953. The maximum atomic E-state index is 11.7. The number of primary sulfonamides is 1. The number of rotatable bonds is 5. The van der Waals surface area contributed by atoms with Crippen molar-refractivity contribution in [3.63, 3.8) is 0 Å². The van der Waals surface area contributed by atoms with Crippen molar-refractivity contribution < 1.29 is 13.2 Å². The number of hydrogen-bond donors (Lipinski definition) is 3. The molecule has 6 nitrogen and oxygen atoms in total. The second-order valence-electron chi connectivity index (χ2n) is 3.71. The van der Waals surface area contributed by atoms with E-state index < -0.39 is 10.0 Å². The third kappa shape index (κ3) is 5.03. The molecule has 1 aromatic rings. The van der Waals surface area contributed by atoms with Gasteiger partial charge >= 0.3 is 0 Å². The molecule has 0 aromatic heterocycles. The summed E-state index contributed by atoms with van der Waals surface area (Å²) < 4.78 is 22.0. The average Bonchev–Trinajstić information content (AvgIpc) is 2.26. The Balaban J connectivity index is 2.48. The molecule has 1 rings (SSSR count). The summed E-state index contributed by atoms with van der Waals surface area (Å²) in [6.45, 7) is 0.247. The highest BCUT2D eigenvalue weighted by molar-refractivity contribution is 9.10. The molecule has 8 heteroatoms. The summed E-state index contributed by atoms with van der Waals surface area (Å²) in [7, 11) is -3.47. The van der Waals surface area contributed by atoms with Crippen molar-refractivity contribution >= 4 is 37.5 Å². The van der Waals surface area contributed by atoms with Crippen LogP contribution in [0.25, 0.3) is 0 Å². The molecule has 0 aliphatic heterocycles. The largest absolute Gasteiger partial charge is 0.398 e. The van der Waals surface area contributed by atoms with Gasteiger partial charge in [0.2, 0.25) is 10.0 Å². The van der Waals surface area contributed by atoms with Crippen LogP contribution in [0.15, 0.2) is 22.7 Å². The van der Waals surface area contributed by atoms with E-state index in [9.17, 15) is 13.2 Å². The van der Waals surface area contributed by atoms with Gasteiger partial charge in [-0.25, -0.2) is 13.6 Å². The zero-order chi connectivity index (χ0) is 13.8. The van der Waals surface area contributed by atoms with E-state index in [2.05, 4.69) is 21.2 Å². The van der Waals surface area contributed by atoms with Crippen molar-refractivity contribution in [1.82, 2.24) is 5.32 Å². The Morgan fingerprint density at radius 3 is 2.61 bits per heavy atom. The first kappa shape index (κ1) is 14.9. The minimum Gasteiger partial charge on any atom is -0.398 e. The number of carbonyl (C=O) groups excluding carboxylic acids is 1. The monoisotopic (exact) mass is 335 g/mol. The molecule has 0 aliphatic rings. The number of carbonyl (C=O) groups is 1. The predicted molar refractivity (Wildman–Crippen MR) is 73.5 cm³/mol. The second kappa shape index (κ2) is 6.17. The second-order valence-corrected chi connectivity index (χ2v) is 6.30. The molecule has 0 aliphatic carbocycles. The zero-order valence-electron chi connectivity index (χ0n) is 9.52. The normalized spacial score (nSPS) is 11.2. The average molecular weight is 336 g/mol. The minimum atomic E-state index is -3.47. The van der Waals surface area contributed by atoms with Gasteiger partial charge < -0.3 is 11.1 Å². The van der Waals surface area contributed by atoms with Crippen molar-refractivity contribution in [2.75, 3.05) is 18.0 Å². The number of amides is 1. The molecular weight excluding hydrogens is 322 g/mol. The first-order valence-electron chi connectivity index (χ1n) is 5.13. The summed E-state index contributed by atoms with van der Waals surface area (Å²) in [4.78, 5) is 11.7. The Labute approximate surface area is 114 Å². The molecule has 18 heavy (non-hydrogen) atoms. The molecule has 0 heterocycles. The maximum Gasteiger partial charge on any atom is 0.251 e. The Bertz CT molecular complexity index is 545. The van der Waals surface area contributed by atoms with Gasteiger partial charge in [-0.1, -0.05) is 0 Å². The highest BCUT2D eigenvalue weighted by atomic mass is 79.9. The molecule has 0 saturated heterocycles. The number of nitrogens with two attached hydrogens (primary N) is 2. The van der Waals surface area contributed by atoms with Crippen molar-refractivity contribution in [1.29, 1.82) is 0 Å². The third-order valence-electron chi connectivity index (χ3n) is 2.15. The molecule has 1 aromatic carbocycles. The van der Waals surface area contributed by atoms with E-state index in [1.807, 2.05) is 0 Å². The van der Waals surface area contributed by atoms with Crippen LogP contribution in [0, 0.1) is 0 Å². The van der Waals surface area contributed by atoms with Crippen LogP contribution < -0.4 is 16.2 Å². The zero-order valence-corrected chi connectivity index (χ0v) is 11.9. The van der Waals surface area contributed by atoms with Crippen LogP contribution in [-0.2, 0) is 10.0 Å². The maximum absolute atomic E-state index is 11.7. The van der Waals surface area contributed by atoms with Gasteiger partial charge in [0.15, 0.2) is 0 Å². The number of benzene rings is 1. The first-order valence-corrected chi connectivity index (χ1v) is 7.64. The van der Waals surface area contributed by atoms with Crippen molar-refractivity contribution in [3.8, 4) is 0 Å². The van der Waals surface area contributed by atoms with Gasteiger partial charge in [0.25, 0.3) is 5.91 Å². The third-order valence-corrected chi connectivity index (χ3v) is 3.70. The van der Waals surface area contributed by atoms with Gasteiger partial charge in [0.05, 0.1) is 5.75 Å². The Morgan fingerprint density at radius 2 is 2.06 bits per heavy atom. The molecule has 1 amide bonds. The Morgan fingerprint density at radius 1 is 1.39 bits per heavy atom. The van der Waals surface area contributed by atoms with Gasteiger partial charge in [-0.3, -0.25) is 4.79 Å². The van der Waals surface area contributed by atoms with Crippen LogP contribution in [0.5, 0.6) is 0 Å². The van der Waals surface area contributed by atoms with Crippen LogP contribution in [0.2, 0.25) is 0 Å². The van der Waals surface area contributed by atoms with E-state index in [1.54, 1.807) is 18.2 Å². The number of anilines is 1. The quantitative estimate of drug-likeness (QED) is 0.534. The summed E-state index contributed by atoms with van der Waals surface area (Å²) in [5.74, 6) is -0.441. The van der Waals surface area contributed by atoms with Crippen LogP contribution in [0.1, 0.15) is 16.8 Å². The number of nitrogen functional groups attached to an aromatic ring is 1. The van der Waals surface area contributed by atoms with E-state index in [0.717, 1.165) is 0 Å². The number of hydrogen-bond acceptors (Lipinski definition) is 4. The molecule has 0 atom stereocenters. The van der Waals surface area contributed by atoms with Crippen LogP contribution in [0.4, 0.5) is 5.69 Å². The fourth-order valence-electron chi connectivity index (χ4n) is 1.25. The lowest BCUT2D eigenvalue weighted by Gasteiger charge is -2.06. The summed E-state index contributed by atoms with van der Waals surface area (Å²) >= 11 is 3.22. The molecule has 0 unspecified atom stereocenters. The van der Waals surface area contributed by atoms with Gasteiger partial charge in [-0.05, 0) is 40.5 Å². The molecule has 0 radical (unpaired) electrons. The predicted octanol–water partition coefficient (Wildman–Crippen LogP) is 0.440. The van der Waals surface area contributed by atoms with Gasteiger partial charge in [-0.15, -0.1) is 0 Å². The Kier molecular flexibility index (Phi) is 5.12. The van der Waals surface area contributed by atoms with Gasteiger partial charge in [-0.2, -0.15) is 0 Å². The van der Waals surface area contributed by atoms with Crippen LogP contribution in [-0.4, -0.2) is 26.6 Å². The number of nitrogens with one attached hydrogen (secondary N) is 1. The number of sulfonamides is 1. The highest BCUT2D eigenvalue weighted by Crippen LogP contribution is 2.20. The van der Waals surface area contributed by atoms with Crippen molar-refractivity contribution in [3.05, 3.63) is 28.2 Å². The molecule has 0 spiro atoms. The van der Waals surface area contributed by atoms with Crippen molar-refractivity contribution in [2.24, 2.45) is 5.14 Å². The van der Waals surface area contributed by atoms with Gasteiger partial charge in [0, 0.05) is 22.3 Å². The summed E-state index contributed by atoms with van der Waals surface area (Å²) in [6, 6.07) is 4.81. The van der Waals surface area contributed by atoms with E-state index >= 15 is 0 Å². The summed E-state index contributed by atoms with van der Waals surface area (Å²) in [5, 5.41) is 7.44. The van der Waals surface area contributed by atoms with E-state index in [-0.39, 0.29) is 24.6 Å². The Hall–Kier alpha value is -1.12. The molecule has 0 bridgehead atoms. The fourth-order valence-corrected chi connectivity index (χ4v) is 2.17. The van der Waals surface area contributed by atoms with E-state index in [1.165, 1.54) is 0 Å². The first-order chi connectivity index (χ1) is 8.29. The SMILES string of the molecule is Nc1ccc(C(=O)NCCCS(N)(=O)=O)cc1Br. The summed E-state index contributed by atoms with van der Waals surface area (Å²) in [6.07, 6.45) is 0.278.